The monoisotopic (exact) mass is 335 g/mol. The van der Waals surface area contributed by atoms with Crippen LogP contribution in [0.4, 0.5) is 5.69 Å². The summed E-state index contributed by atoms with van der Waals surface area (Å²) < 4.78 is 10.6. The zero-order valence-corrected chi connectivity index (χ0v) is 13.6. The summed E-state index contributed by atoms with van der Waals surface area (Å²) in [5.41, 5.74) is 0.158. The van der Waals surface area contributed by atoms with Crippen molar-refractivity contribution in [2.45, 2.75) is 45.1 Å². The molecule has 1 fully saturated rings. The highest BCUT2D eigenvalue weighted by atomic mass is 16.6. The molecule has 1 heterocycles. The van der Waals surface area contributed by atoms with Gasteiger partial charge in [-0.15, -0.1) is 0 Å². The fourth-order valence-corrected chi connectivity index (χ4v) is 2.70. The Morgan fingerprint density at radius 1 is 1.33 bits per heavy atom. The van der Waals surface area contributed by atoms with Crippen LogP contribution in [0.1, 0.15) is 49.4 Å². The van der Waals surface area contributed by atoms with Gasteiger partial charge in [0.05, 0.1) is 23.5 Å². The quantitative estimate of drug-likeness (QED) is 0.313. The van der Waals surface area contributed by atoms with Gasteiger partial charge in [0.25, 0.3) is 5.69 Å². The number of cyclic esters (lactones) is 1. The summed E-state index contributed by atoms with van der Waals surface area (Å²) in [6, 6.07) is 5.23. The number of nitro benzene ring substituents is 1. The van der Waals surface area contributed by atoms with Crippen molar-refractivity contribution in [1.82, 2.24) is 0 Å². The molecule has 0 amide bonds. The number of carbonyl (C=O) groups is 2. The summed E-state index contributed by atoms with van der Waals surface area (Å²) in [5, 5.41) is 10.6. The Morgan fingerprint density at radius 2 is 2.04 bits per heavy atom. The van der Waals surface area contributed by atoms with Crippen LogP contribution < -0.4 is 0 Å². The van der Waals surface area contributed by atoms with Gasteiger partial charge in [0, 0.05) is 18.1 Å². The Bertz CT molecular complexity index is 598. The van der Waals surface area contributed by atoms with Crippen molar-refractivity contribution in [3.8, 4) is 0 Å². The van der Waals surface area contributed by atoms with Crippen LogP contribution in [0.5, 0.6) is 0 Å². The molecule has 130 valence electrons. The molecule has 0 aliphatic carbocycles. The summed E-state index contributed by atoms with van der Waals surface area (Å²) in [4.78, 5) is 33.6. The SMILES string of the molecule is CCCCC[C@@H]1OC(=O)C[C@H]1COC(=O)c1ccc([N+](=O)[O-])cc1. The minimum Gasteiger partial charge on any atom is -0.462 e. The number of unbranched alkanes of at least 4 members (excludes halogenated alkanes) is 2. The molecule has 1 aliphatic heterocycles. The topological polar surface area (TPSA) is 95.7 Å². The van der Waals surface area contributed by atoms with E-state index in [1.54, 1.807) is 0 Å². The van der Waals surface area contributed by atoms with E-state index >= 15 is 0 Å². The van der Waals surface area contributed by atoms with Crippen molar-refractivity contribution in [3.63, 3.8) is 0 Å². The highest BCUT2D eigenvalue weighted by Crippen LogP contribution is 2.27. The van der Waals surface area contributed by atoms with Crippen LogP contribution in [-0.4, -0.2) is 29.6 Å². The number of benzene rings is 1. The number of nitrogens with zero attached hydrogens (tertiary/aromatic N) is 1. The molecule has 2 rings (SSSR count). The standard InChI is InChI=1S/C17H21NO6/c1-2-3-4-5-15-13(10-16(19)24-15)11-23-17(20)12-6-8-14(9-7-12)18(21)22/h6-9,13,15H,2-5,10-11H2,1H3/t13-,15-/m0/s1. The van der Waals surface area contributed by atoms with Crippen LogP contribution in [-0.2, 0) is 14.3 Å². The minimum absolute atomic E-state index is 0.0858. The Balaban J connectivity index is 1.87. The van der Waals surface area contributed by atoms with Crippen molar-refractivity contribution >= 4 is 17.6 Å². The van der Waals surface area contributed by atoms with E-state index in [4.69, 9.17) is 9.47 Å². The molecule has 0 spiro atoms. The Hall–Kier alpha value is -2.44. The second-order valence-corrected chi connectivity index (χ2v) is 5.89. The molecule has 1 aliphatic rings. The van der Waals surface area contributed by atoms with Gasteiger partial charge in [-0.05, 0) is 25.0 Å². The molecular weight excluding hydrogens is 314 g/mol. The second-order valence-electron chi connectivity index (χ2n) is 5.89. The van der Waals surface area contributed by atoms with Crippen molar-refractivity contribution in [2.75, 3.05) is 6.61 Å². The van der Waals surface area contributed by atoms with Crippen molar-refractivity contribution in [1.29, 1.82) is 0 Å². The molecule has 7 heteroatoms. The minimum atomic E-state index is -0.559. The average Bonchev–Trinajstić information content (AvgIpc) is 2.92. The van der Waals surface area contributed by atoms with Gasteiger partial charge in [0.2, 0.25) is 0 Å². The van der Waals surface area contributed by atoms with Crippen LogP contribution in [0.25, 0.3) is 0 Å². The smallest absolute Gasteiger partial charge is 0.338 e. The van der Waals surface area contributed by atoms with Crippen LogP contribution in [0.3, 0.4) is 0 Å². The third kappa shape index (κ3) is 4.78. The third-order valence-corrected chi connectivity index (χ3v) is 4.07. The number of non-ortho nitro benzene ring substituents is 1. The molecule has 1 saturated heterocycles. The zero-order chi connectivity index (χ0) is 17.5. The van der Waals surface area contributed by atoms with E-state index in [0.717, 1.165) is 25.7 Å². The van der Waals surface area contributed by atoms with Gasteiger partial charge in [0.15, 0.2) is 0 Å². The molecule has 1 aromatic carbocycles. The van der Waals surface area contributed by atoms with E-state index in [2.05, 4.69) is 6.92 Å². The Morgan fingerprint density at radius 3 is 2.67 bits per heavy atom. The van der Waals surface area contributed by atoms with E-state index in [-0.39, 0.29) is 42.3 Å². The lowest BCUT2D eigenvalue weighted by Crippen LogP contribution is -2.22. The molecular formula is C17H21NO6. The Labute approximate surface area is 140 Å². The first-order chi connectivity index (χ1) is 11.5. The third-order valence-electron chi connectivity index (χ3n) is 4.07. The number of carbonyl (C=O) groups excluding carboxylic acids is 2. The van der Waals surface area contributed by atoms with Crippen molar-refractivity contribution < 1.29 is 24.0 Å². The summed E-state index contributed by atoms with van der Waals surface area (Å²) in [5.74, 6) is -0.944. The van der Waals surface area contributed by atoms with Crippen LogP contribution >= 0.6 is 0 Å². The fourth-order valence-electron chi connectivity index (χ4n) is 2.70. The number of esters is 2. The lowest BCUT2D eigenvalue weighted by atomic mass is 9.97. The van der Waals surface area contributed by atoms with Gasteiger partial charge in [0.1, 0.15) is 6.10 Å². The van der Waals surface area contributed by atoms with Gasteiger partial charge < -0.3 is 9.47 Å². The lowest BCUT2D eigenvalue weighted by Gasteiger charge is -2.17. The normalized spacial score (nSPS) is 19.8. The Kier molecular flexibility index (Phi) is 6.28. The highest BCUT2D eigenvalue weighted by Gasteiger charge is 2.35. The van der Waals surface area contributed by atoms with Crippen LogP contribution in [0, 0.1) is 16.0 Å². The molecule has 2 atom stereocenters. The fraction of sp³-hybridized carbons (Fsp3) is 0.529. The maximum atomic E-state index is 12.0. The summed E-state index contributed by atoms with van der Waals surface area (Å²) in [6.45, 7) is 2.21. The first-order valence-corrected chi connectivity index (χ1v) is 8.12. The van der Waals surface area contributed by atoms with Gasteiger partial charge in [-0.2, -0.15) is 0 Å². The average molecular weight is 335 g/mol. The molecule has 0 saturated carbocycles. The summed E-state index contributed by atoms with van der Waals surface area (Å²) >= 11 is 0. The summed E-state index contributed by atoms with van der Waals surface area (Å²) in [6.07, 6.45) is 3.96. The first-order valence-electron chi connectivity index (χ1n) is 8.12. The van der Waals surface area contributed by atoms with Gasteiger partial charge in [-0.25, -0.2) is 4.79 Å². The number of rotatable bonds is 8. The zero-order valence-electron chi connectivity index (χ0n) is 13.6. The molecule has 0 N–H and O–H groups in total. The highest BCUT2D eigenvalue weighted by molar-refractivity contribution is 5.89. The number of hydrogen-bond acceptors (Lipinski definition) is 6. The molecule has 0 aromatic heterocycles. The molecule has 24 heavy (non-hydrogen) atoms. The number of hydrogen-bond donors (Lipinski definition) is 0. The van der Waals surface area contributed by atoms with E-state index in [0.29, 0.717) is 0 Å². The van der Waals surface area contributed by atoms with Crippen molar-refractivity contribution in [3.05, 3.63) is 39.9 Å². The molecule has 0 unspecified atom stereocenters. The predicted octanol–water partition coefficient (Wildman–Crippen LogP) is 3.26. The predicted molar refractivity (Wildman–Crippen MR) is 85.5 cm³/mol. The lowest BCUT2D eigenvalue weighted by molar-refractivity contribution is -0.384. The second kappa shape index (κ2) is 8.42. The van der Waals surface area contributed by atoms with E-state index in [1.165, 1.54) is 24.3 Å². The van der Waals surface area contributed by atoms with E-state index in [1.807, 2.05) is 0 Å². The summed E-state index contributed by atoms with van der Waals surface area (Å²) in [7, 11) is 0. The van der Waals surface area contributed by atoms with Crippen molar-refractivity contribution in [2.24, 2.45) is 5.92 Å². The van der Waals surface area contributed by atoms with Crippen LogP contribution in [0.15, 0.2) is 24.3 Å². The van der Waals surface area contributed by atoms with Crippen LogP contribution in [0.2, 0.25) is 0 Å². The van der Waals surface area contributed by atoms with E-state index < -0.39 is 10.9 Å². The molecule has 0 bridgehead atoms. The van der Waals surface area contributed by atoms with Gasteiger partial charge in [-0.3, -0.25) is 14.9 Å². The molecule has 0 radical (unpaired) electrons. The van der Waals surface area contributed by atoms with Gasteiger partial charge >= 0.3 is 11.9 Å². The molecule has 1 aromatic rings. The van der Waals surface area contributed by atoms with E-state index in [9.17, 15) is 19.7 Å². The number of nitro groups is 1. The molecule has 7 nitrogen and oxygen atoms in total. The maximum absolute atomic E-state index is 12.0. The first kappa shape index (κ1) is 17.9. The maximum Gasteiger partial charge on any atom is 0.338 e. The largest absolute Gasteiger partial charge is 0.462 e. The number of ether oxygens (including phenoxy) is 2. The van der Waals surface area contributed by atoms with Gasteiger partial charge in [-0.1, -0.05) is 19.8 Å².